The van der Waals surface area contributed by atoms with Gasteiger partial charge < -0.3 is 10.6 Å². The lowest BCUT2D eigenvalue weighted by molar-refractivity contribution is -0.132. The zero-order valence-corrected chi connectivity index (χ0v) is 10.9. The third-order valence-electron chi connectivity index (χ3n) is 3.21. The van der Waals surface area contributed by atoms with E-state index in [-0.39, 0.29) is 12.5 Å². The lowest BCUT2D eigenvalue weighted by atomic mass is 10.1. The quantitative estimate of drug-likeness (QED) is 0.802. The lowest BCUT2D eigenvalue weighted by Crippen LogP contribution is -2.45. The molecule has 6 heteroatoms. The van der Waals surface area contributed by atoms with Crippen LogP contribution in [0.2, 0.25) is 0 Å². The molecule has 106 valence electrons. The standard InChI is InChI=1S/C12H23F2N3O/c1-2-4-10(15)12(18)17-6-3-5-16(7-8-17)9-11(13)14/h10-11H,2-9,15H2,1H3. The van der Waals surface area contributed by atoms with E-state index in [0.717, 1.165) is 12.8 Å². The third kappa shape index (κ3) is 4.86. The summed E-state index contributed by atoms with van der Waals surface area (Å²) in [7, 11) is 0. The summed E-state index contributed by atoms with van der Waals surface area (Å²) in [6.45, 7) is 4.04. The van der Waals surface area contributed by atoms with Gasteiger partial charge in [-0.25, -0.2) is 8.78 Å². The summed E-state index contributed by atoms with van der Waals surface area (Å²) >= 11 is 0. The molecule has 1 aliphatic rings. The summed E-state index contributed by atoms with van der Waals surface area (Å²) < 4.78 is 24.6. The maximum absolute atomic E-state index is 12.3. The van der Waals surface area contributed by atoms with Gasteiger partial charge in [-0.1, -0.05) is 13.3 Å². The molecule has 0 spiro atoms. The summed E-state index contributed by atoms with van der Waals surface area (Å²) in [6.07, 6.45) is -0.0272. The Morgan fingerprint density at radius 1 is 1.28 bits per heavy atom. The van der Waals surface area contributed by atoms with Crippen molar-refractivity contribution in [1.82, 2.24) is 9.80 Å². The van der Waals surface area contributed by atoms with Gasteiger partial charge in [0.1, 0.15) is 0 Å². The van der Waals surface area contributed by atoms with Crippen LogP contribution in [-0.4, -0.2) is 60.9 Å². The molecule has 1 aliphatic heterocycles. The number of nitrogens with two attached hydrogens (primary N) is 1. The van der Waals surface area contributed by atoms with Crippen molar-refractivity contribution in [2.75, 3.05) is 32.7 Å². The second-order valence-corrected chi connectivity index (χ2v) is 4.77. The molecule has 18 heavy (non-hydrogen) atoms. The summed E-state index contributed by atoms with van der Waals surface area (Å²) in [5.74, 6) is -0.0456. The van der Waals surface area contributed by atoms with Gasteiger partial charge in [-0.15, -0.1) is 0 Å². The number of halogens is 2. The number of carbonyl (C=O) groups excluding carboxylic acids is 1. The van der Waals surface area contributed by atoms with Crippen LogP contribution in [-0.2, 0) is 4.79 Å². The van der Waals surface area contributed by atoms with Crippen LogP contribution in [0.5, 0.6) is 0 Å². The van der Waals surface area contributed by atoms with Crippen molar-refractivity contribution >= 4 is 5.91 Å². The van der Waals surface area contributed by atoms with Crippen LogP contribution in [0.4, 0.5) is 8.78 Å². The van der Waals surface area contributed by atoms with Crippen LogP contribution in [0.25, 0.3) is 0 Å². The highest BCUT2D eigenvalue weighted by atomic mass is 19.3. The van der Waals surface area contributed by atoms with Crippen molar-refractivity contribution in [3.05, 3.63) is 0 Å². The van der Waals surface area contributed by atoms with Gasteiger partial charge in [-0.05, 0) is 12.8 Å². The Bertz CT molecular complexity index is 264. The molecule has 1 heterocycles. The van der Waals surface area contributed by atoms with E-state index in [1.165, 1.54) is 0 Å². The fraction of sp³-hybridized carbons (Fsp3) is 0.917. The van der Waals surface area contributed by atoms with E-state index in [1.807, 2.05) is 6.92 Å². The van der Waals surface area contributed by atoms with E-state index in [4.69, 9.17) is 5.73 Å². The van der Waals surface area contributed by atoms with Crippen LogP contribution >= 0.6 is 0 Å². The van der Waals surface area contributed by atoms with Crippen molar-refractivity contribution in [1.29, 1.82) is 0 Å². The Morgan fingerprint density at radius 2 is 2.00 bits per heavy atom. The highest BCUT2D eigenvalue weighted by molar-refractivity contribution is 5.81. The highest BCUT2D eigenvalue weighted by Crippen LogP contribution is 2.08. The molecule has 1 amide bonds. The Labute approximate surface area is 107 Å². The minimum atomic E-state index is -2.31. The largest absolute Gasteiger partial charge is 0.340 e. The number of carbonyl (C=O) groups is 1. The molecule has 1 saturated heterocycles. The first kappa shape index (κ1) is 15.3. The van der Waals surface area contributed by atoms with Crippen LogP contribution < -0.4 is 5.73 Å². The van der Waals surface area contributed by atoms with Gasteiger partial charge in [-0.2, -0.15) is 0 Å². The van der Waals surface area contributed by atoms with Gasteiger partial charge in [0.05, 0.1) is 12.6 Å². The molecule has 1 rings (SSSR count). The molecule has 0 aromatic heterocycles. The zero-order valence-electron chi connectivity index (χ0n) is 10.9. The molecule has 2 N–H and O–H groups in total. The Kier molecular flexibility index (Phi) is 6.49. The van der Waals surface area contributed by atoms with E-state index in [0.29, 0.717) is 32.6 Å². The summed E-state index contributed by atoms with van der Waals surface area (Å²) in [4.78, 5) is 15.4. The van der Waals surface area contributed by atoms with Gasteiger partial charge in [0.25, 0.3) is 6.43 Å². The second-order valence-electron chi connectivity index (χ2n) is 4.77. The third-order valence-corrected chi connectivity index (χ3v) is 3.21. The van der Waals surface area contributed by atoms with E-state index < -0.39 is 12.5 Å². The molecule has 1 unspecified atom stereocenters. The van der Waals surface area contributed by atoms with Crippen LogP contribution in [0, 0.1) is 0 Å². The smallest absolute Gasteiger partial charge is 0.251 e. The number of hydrogen-bond acceptors (Lipinski definition) is 3. The molecular formula is C12H23F2N3O. The van der Waals surface area contributed by atoms with Gasteiger partial charge >= 0.3 is 0 Å². The lowest BCUT2D eigenvalue weighted by Gasteiger charge is -2.24. The average molecular weight is 263 g/mol. The first-order valence-electron chi connectivity index (χ1n) is 6.59. The first-order chi connectivity index (χ1) is 8.54. The van der Waals surface area contributed by atoms with E-state index in [9.17, 15) is 13.6 Å². The zero-order chi connectivity index (χ0) is 13.5. The Balaban J connectivity index is 2.43. The van der Waals surface area contributed by atoms with Crippen molar-refractivity contribution in [2.45, 2.75) is 38.7 Å². The molecule has 1 atom stereocenters. The predicted octanol–water partition coefficient (Wildman–Crippen LogP) is 0.913. The minimum Gasteiger partial charge on any atom is -0.340 e. The fourth-order valence-corrected chi connectivity index (χ4v) is 2.24. The van der Waals surface area contributed by atoms with Gasteiger partial charge in [-0.3, -0.25) is 9.69 Å². The molecular weight excluding hydrogens is 240 g/mol. The fourth-order valence-electron chi connectivity index (χ4n) is 2.24. The van der Waals surface area contributed by atoms with Crippen LogP contribution in [0.15, 0.2) is 0 Å². The molecule has 0 bridgehead atoms. The molecule has 0 saturated carbocycles. The van der Waals surface area contributed by atoms with Crippen molar-refractivity contribution in [3.63, 3.8) is 0 Å². The molecule has 0 aliphatic carbocycles. The molecule has 0 aromatic carbocycles. The maximum atomic E-state index is 12.3. The van der Waals surface area contributed by atoms with Crippen molar-refractivity contribution in [3.8, 4) is 0 Å². The first-order valence-corrected chi connectivity index (χ1v) is 6.59. The Hall–Kier alpha value is -0.750. The number of alkyl halides is 2. The van der Waals surface area contributed by atoms with E-state index in [1.54, 1.807) is 9.80 Å². The monoisotopic (exact) mass is 263 g/mol. The number of amides is 1. The SMILES string of the molecule is CCCC(N)C(=O)N1CCCN(CC(F)F)CC1. The average Bonchev–Trinajstić information content (AvgIpc) is 2.53. The highest BCUT2D eigenvalue weighted by Gasteiger charge is 2.23. The second kappa shape index (κ2) is 7.63. The molecule has 0 radical (unpaired) electrons. The van der Waals surface area contributed by atoms with Gasteiger partial charge in [0, 0.05) is 26.2 Å². The predicted molar refractivity (Wildman–Crippen MR) is 66.5 cm³/mol. The number of hydrogen-bond donors (Lipinski definition) is 1. The van der Waals surface area contributed by atoms with Gasteiger partial charge in [0.2, 0.25) is 5.91 Å². The Morgan fingerprint density at radius 3 is 2.61 bits per heavy atom. The normalized spacial score (nSPS) is 19.9. The summed E-state index contributed by atoms with van der Waals surface area (Å²) in [6, 6.07) is -0.448. The van der Waals surface area contributed by atoms with E-state index >= 15 is 0 Å². The molecule has 0 aromatic rings. The maximum Gasteiger partial charge on any atom is 0.251 e. The van der Waals surface area contributed by atoms with Crippen LogP contribution in [0.3, 0.4) is 0 Å². The summed E-state index contributed by atoms with van der Waals surface area (Å²) in [5.41, 5.74) is 5.80. The minimum absolute atomic E-state index is 0.0456. The van der Waals surface area contributed by atoms with Crippen molar-refractivity contribution < 1.29 is 13.6 Å². The summed E-state index contributed by atoms with van der Waals surface area (Å²) in [5, 5.41) is 0. The topological polar surface area (TPSA) is 49.6 Å². The van der Waals surface area contributed by atoms with Crippen molar-refractivity contribution in [2.24, 2.45) is 5.73 Å². The number of nitrogens with zero attached hydrogens (tertiary/aromatic N) is 2. The molecule has 4 nitrogen and oxygen atoms in total. The van der Waals surface area contributed by atoms with Gasteiger partial charge in [0.15, 0.2) is 0 Å². The number of rotatable bonds is 5. The van der Waals surface area contributed by atoms with Crippen LogP contribution in [0.1, 0.15) is 26.2 Å². The molecule has 1 fully saturated rings. The van der Waals surface area contributed by atoms with E-state index in [2.05, 4.69) is 0 Å².